The molecule has 2 aromatic carbocycles. The molecule has 1 aliphatic rings. The maximum Gasteiger partial charge on any atom is 0.186 e. The van der Waals surface area contributed by atoms with Crippen molar-refractivity contribution in [3.8, 4) is 28.7 Å². The average Bonchev–Trinajstić information content (AvgIpc) is 2.86. The minimum atomic E-state index is -0.446. The van der Waals surface area contributed by atoms with Gasteiger partial charge in [0, 0.05) is 46.1 Å². The maximum absolute atomic E-state index is 13.7. The summed E-state index contributed by atoms with van der Waals surface area (Å²) < 4.78 is 28.9. The summed E-state index contributed by atoms with van der Waals surface area (Å²) in [6.45, 7) is 15.4. The Morgan fingerprint density at radius 2 is 1.38 bits per heavy atom. The van der Waals surface area contributed by atoms with E-state index in [9.17, 15) is 9.90 Å². The van der Waals surface area contributed by atoms with Gasteiger partial charge < -0.3 is 28.8 Å². The molecule has 1 N–H and O–H groups in total. The van der Waals surface area contributed by atoms with Gasteiger partial charge in [0.1, 0.15) is 11.5 Å². The minimum Gasteiger partial charge on any atom is -0.493 e. The van der Waals surface area contributed by atoms with Crippen molar-refractivity contribution in [2.45, 2.75) is 67.7 Å². The van der Waals surface area contributed by atoms with Crippen molar-refractivity contribution < 1.29 is 33.6 Å². The van der Waals surface area contributed by atoms with Crippen LogP contribution in [0.2, 0.25) is 0 Å². The monoisotopic (exact) mass is 512 g/mol. The number of carbonyl (C=O) groups excluding carboxylic acids is 1. The number of aliphatic hydroxyl groups excluding tert-OH is 1. The van der Waals surface area contributed by atoms with E-state index in [-0.39, 0.29) is 24.0 Å². The third-order valence-corrected chi connectivity index (χ3v) is 7.80. The average molecular weight is 513 g/mol. The fraction of sp³-hybridized carbons (Fsp3) is 0.500. The van der Waals surface area contributed by atoms with Gasteiger partial charge >= 0.3 is 0 Å². The van der Waals surface area contributed by atoms with Gasteiger partial charge in [-0.1, -0.05) is 13.8 Å². The molecule has 0 fully saturated rings. The second-order valence-electron chi connectivity index (χ2n) is 9.84. The summed E-state index contributed by atoms with van der Waals surface area (Å²) in [6.07, 6.45) is 0.284. The van der Waals surface area contributed by atoms with Crippen LogP contribution < -0.4 is 23.7 Å². The SMILES string of the molecule is COc1c(C)c(C)c(C(=O)CC(C)C2=C(C)C(C)c3c(C)c(OCO)c(OC)c(C)c3O2)c(C)c1OC. The molecular formula is C30H40O7. The van der Waals surface area contributed by atoms with Crippen molar-refractivity contribution in [2.75, 3.05) is 28.1 Å². The van der Waals surface area contributed by atoms with E-state index in [0.717, 1.165) is 50.5 Å². The number of aliphatic hydroxyl groups is 1. The van der Waals surface area contributed by atoms with E-state index >= 15 is 0 Å². The molecule has 202 valence electrons. The molecule has 0 radical (unpaired) electrons. The molecule has 0 aromatic heterocycles. The van der Waals surface area contributed by atoms with Crippen LogP contribution in [0.25, 0.3) is 0 Å². The van der Waals surface area contributed by atoms with Crippen LogP contribution in [0.4, 0.5) is 0 Å². The Balaban J connectivity index is 2.03. The molecule has 1 heterocycles. The van der Waals surface area contributed by atoms with Crippen LogP contribution in [0.1, 0.15) is 76.8 Å². The van der Waals surface area contributed by atoms with Crippen molar-refractivity contribution >= 4 is 5.78 Å². The van der Waals surface area contributed by atoms with Gasteiger partial charge in [0.15, 0.2) is 35.6 Å². The zero-order valence-corrected chi connectivity index (χ0v) is 24.0. The van der Waals surface area contributed by atoms with Gasteiger partial charge in [-0.15, -0.1) is 0 Å². The van der Waals surface area contributed by atoms with Crippen molar-refractivity contribution in [3.05, 3.63) is 50.3 Å². The lowest BCUT2D eigenvalue weighted by molar-refractivity contribution is 0.0942. The number of hydrogen-bond acceptors (Lipinski definition) is 7. The van der Waals surface area contributed by atoms with E-state index < -0.39 is 6.79 Å². The molecule has 3 rings (SSSR count). The lowest BCUT2D eigenvalue weighted by Crippen LogP contribution is -2.22. The molecule has 0 saturated carbocycles. The minimum absolute atomic E-state index is 0.0334. The summed E-state index contributed by atoms with van der Waals surface area (Å²) in [5, 5.41) is 9.42. The largest absolute Gasteiger partial charge is 0.493 e. The number of fused-ring (bicyclic) bond motifs is 1. The first-order chi connectivity index (χ1) is 17.5. The lowest BCUT2D eigenvalue weighted by Gasteiger charge is -2.33. The van der Waals surface area contributed by atoms with Crippen LogP contribution in [-0.2, 0) is 0 Å². The number of benzene rings is 2. The van der Waals surface area contributed by atoms with Crippen LogP contribution in [0.3, 0.4) is 0 Å². The second kappa shape index (κ2) is 11.1. The van der Waals surface area contributed by atoms with Gasteiger partial charge in [-0.05, 0) is 58.2 Å². The Hall–Kier alpha value is -3.19. The molecular weight excluding hydrogens is 472 g/mol. The first-order valence-corrected chi connectivity index (χ1v) is 12.5. The molecule has 0 aliphatic carbocycles. The molecule has 2 unspecified atom stereocenters. The number of methoxy groups -OCH3 is 3. The Kier molecular flexibility index (Phi) is 8.48. The smallest absolute Gasteiger partial charge is 0.186 e. The maximum atomic E-state index is 13.7. The van der Waals surface area contributed by atoms with E-state index in [1.54, 1.807) is 21.3 Å². The Labute approximate surface area is 220 Å². The number of ketones is 1. The molecule has 0 bridgehead atoms. The van der Waals surface area contributed by atoms with Crippen molar-refractivity contribution in [1.29, 1.82) is 0 Å². The molecule has 7 heteroatoms. The van der Waals surface area contributed by atoms with E-state index in [1.807, 2.05) is 48.5 Å². The normalized spacial score (nSPS) is 15.6. The Morgan fingerprint density at radius 1 is 0.838 bits per heavy atom. The quantitative estimate of drug-likeness (QED) is 0.313. The van der Waals surface area contributed by atoms with Gasteiger partial charge in [-0.2, -0.15) is 0 Å². The molecule has 0 spiro atoms. The van der Waals surface area contributed by atoms with E-state index in [1.165, 1.54) is 0 Å². The zero-order valence-electron chi connectivity index (χ0n) is 24.0. The molecule has 2 aromatic rings. The topological polar surface area (TPSA) is 83.5 Å². The van der Waals surface area contributed by atoms with E-state index in [0.29, 0.717) is 28.6 Å². The van der Waals surface area contributed by atoms with Gasteiger partial charge in [0.25, 0.3) is 0 Å². The highest BCUT2D eigenvalue weighted by atomic mass is 16.6. The fourth-order valence-corrected chi connectivity index (χ4v) is 5.66. The summed E-state index contributed by atoms with van der Waals surface area (Å²) in [6, 6.07) is 0. The molecule has 1 aliphatic heterocycles. The Bertz CT molecular complexity index is 1260. The molecule has 7 nitrogen and oxygen atoms in total. The predicted molar refractivity (Wildman–Crippen MR) is 144 cm³/mol. The van der Waals surface area contributed by atoms with Crippen LogP contribution in [0.15, 0.2) is 11.3 Å². The predicted octanol–water partition coefficient (Wildman–Crippen LogP) is 6.26. The highest BCUT2D eigenvalue weighted by molar-refractivity contribution is 6.00. The number of Topliss-reactive ketones (excluding diaryl/α,β-unsaturated/α-hetero) is 1. The van der Waals surface area contributed by atoms with Gasteiger partial charge in [0.2, 0.25) is 0 Å². The first kappa shape index (κ1) is 28.4. The van der Waals surface area contributed by atoms with Gasteiger partial charge in [-0.3, -0.25) is 4.79 Å². The number of allylic oxidation sites excluding steroid dienone is 2. The van der Waals surface area contributed by atoms with Crippen LogP contribution in [0.5, 0.6) is 28.7 Å². The standard InChI is InChI=1S/C30H40O7/c1-14(12-22(32)23-15(2)18(5)27(33-9)28(34-10)19(23)6)25-17(4)16(3)24-20(7)30(36-13-31)29(35-11)21(8)26(24)37-25/h14,16,31H,12-13H2,1-11H3. The molecule has 37 heavy (non-hydrogen) atoms. The summed E-state index contributed by atoms with van der Waals surface area (Å²) >= 11 is 0. The van der Waals surface area contributed by atoms with Crippen molar-refractivity contribution in [3.63, 3.8) is 0 Å². The van der Waals surface area contributed by atoms with Gasteiger partial charge in [-0.25, -0.2) is 0 Å². The summed E-state index contributed by atoms with van der Waals surface area (Å²) in [5.41, 5.74) is 6.97. The number of rotatable bonds is 9. The van der Waals surface area contributed by atoms with E-state index in [4.69, 9.17) is 23.7 Å². The third-order valence-electron chi connectivity index (χ3n) is 7.80. The summed E-state index contributed by atoms with van der Waals surface area (Å²) in [4.78, 5) is 13.7. The zero-order chi connectivity index (χ0) is 27.8. The molecule has 0 amide bonds. The van der Waals surface area contributed by atoms with Crippen molar-refractivity contribution in [1.82, 2.24) is 0 Å². The third kappa shape index (κ3) is 4.65. The van der Waals surface area contributed by atoms with Crippen molar-refractivity contribution in [2.24, 2.45) is 5.92 Å². The van der Waals surface area contributed by atoms with Crippen LogP contribution in [-0.4, -0.2) is 39.0 Å². The fourth-order valence-electron chi connectivity index (χ4n) is 5.66. The van der Waals surface area contributed by atoms with Crippen LogP contribution in [0, 0.1) is 40.5 Å². The first-order valence-electron chi connectivity index (χ1n) is 12.5. The number of ether oxygens (including phenoxy) is 5. The number of carbonyl (C=O) groups is 1. The molecule has 0 saturated heterocycles. The summed E-state index contributed by atoms with van der Waals surface area (Å²) in [7, 11) is 4.78. The van der Waals surface area contributed by atoms with Gasteiger partial charge in [0.05, 0.1) is 21.3 Å². The highest BCUT2D eigenvalue weighted by Gasteiger charge is 2.34. The molecule has 2 atom stereocenters. The lowest BCUT2D eigenvalue weighted by atomic mass is 9.82. The van der Waals surface area contributed by atoms with E-state index in [2.05, 4.69) is 6.92 Å². The Morgan fingerprint density at radius 3 is 1.92 bits per heavy atom. The highest BCUT2D eigenvalue weighted by Crippen LogP contribution is 2.51. The summed E-state index contributed by atoms with van der Waals surface area (Å²) in [5.74, 6) is 3.73. The number of hydrogen-bond donors (Lipinski definition) is 1. The second-order valence-corrected chi connectivity index (χ2v) is 9.84. The van der Waals surface area contributed by atoms with Crippen LogP contribution >= 0.6 is 0 Å².